The second-order valence-corrected chi connectivity index (χ2v) is 11.1. The van der Waals surface area contributed by atoms with E-state index in [1.54, 1.807) is 13.0 Å². The van der Waals surface area contributed by atoms with Crippen LogP contribution in [0.3, 0.4) is 0 Å². The van der Waals surface area contributed by atoms with Crippen LogP contribution in [0.15, 0.2) is 18.2 Å². The number of esters is 3. The van der Waals surface area contributed by atoms with Gasteiger partial charge in [-0.2, -0.15) is 0 Å². The second-order valence-electron chi connectivity index (χ2n) is 11.1. The molecule has 3 atom stereocenters. The van der Waals surface area contributed by atoms with Crippen LogP contribution >= 0.6 is 0 Å². The number of benzene rings is 1. The van der Waals surface area contributed by atoms with E-state index in [-0.39, 0.29) is 49.1 Å². The van der Waals surface area contributed by atoms with E-state index >= 15 is 0 Å². The van der Waals surface area contributed by atoms with Gasteiger partial charge in [-0.3, -0.25) is 19.2 Å². The zero-order valence-electron chi connectivity index (χ0n) is 23.8. The molecule has 0 aliphatic heterocycles. The molecule has 1 aromatic carbocycles. The fourth-order valence-electron chi connectivity index (χ4n) is 3.75. The van der Waals surface area contributed by atoms with Crippen LogP contribution in [0.25, 0.3) is 0 Å². The highest BCUT2D eigenvalue weighted by atomic mass is 16.6. The van der Waals surface area contributed by atoms with Crippen LogP contribution in [0, 0.1) is 17.8 Å². The molecule has 9 heteroatoms. The minimum Gasteiger partial charge on any atom is -0.480 e. The summed E-state index contributed by atoms with van der Waals surface area (Å²) in [4.78, 5) is 48.9. The summed E-state index contributed by atoms with van der Waals surface area (Å²) in [6.07, 6.45) is 1.40. The lowest BCUT2D eigenvalue weighted by Crippen LogP contribution is -2.38. The molecule has 0 aliphatic rings. The number of carbonyl (C=O) groups excluding carboxylic acids is 3. The average molecular weight is 536 g/mol. The highest BCUT2D eigenvalue weighted by molar-refractivity contribution is 5.77. The van der Waals surface area contributed by atoms with Crippen molar-refractivity contribution in [2.45, 2.75) is 105 Å². The predicted molar refractivity (Wildman–Crippen MR) is 144 cm³/mol. The van der Waals surface area contributed by atoms with Gasteiger partial charge in [0.1, 0.15) is 6.04 Å². The average Bonchev–Trinajstić information content (AvgIpc) is 2.79. The fourth-order valence-corrected chi connectivity index (χ4v) is 3.75. The predicted octanol–water partition coefficient (Wildman–Crippen LogP) is 5.23. The Morgan fingerprint density at radius 2 is 1.32 bits per heavy atom. The molecule has 1 rings (SSSR count). The van der Waals surface area contributed by atoms with E-state index in [0.29, 0.717) is 30.2 Å². The molecule has 38 heavy (non-hydrogen) atoms. The van der Waals surface area contributed by atoms with Crippen molar-refractivity contribution in [2.24, 2.45) is 23.5 Å². The topological polar surface area (TPSA) is 142 Å². The van der Waals surface area contributed by atoms with Crippen LogP contribution in [0.2, 0.25) is 0 Å². The van der Waals surface area contributed by atoms with Gasteiger partial charge in [0.15, 0.2) is 11.5 Å². The smallest absolute Gasteiger partial charge is 0.321 e. The first-order chi connectivity index (χ1) is 17.7. The standard InChI is InChI=1S/C29H45NO8/c1-17(2)8-12-25(31)37-23-11-10-21(16-24(23)38-26(32)13-9-18(3)4)22(28(30)29(34)35)15-20(7)36-27(33)14-19(5)6/h10-11,16-20,22,28H,8-9,12-15,30H2,1-7H3,(H,34,35)/t20?,22?,28-/m0/s1. The van der Waals surface area contributed by atoms with Crippen LogP contribution < -0.4 is 15.2 Å². The lowest BCUT2D eigenvalue weighted by Gasteiger charge is -2.25. The number of carbonyl (C=O) groups is 4. The van der Waals surface area contributed by atoms with Gasteiger partial charge in [-0.05, 0) is 61.6 Å². The van der Waals surface area contributed by atoms with E-state index in [1.807, 2.05) is 41.5 Å². The van der Waals surface area contributed by atoms with Crippen LogP contribution in [-0.4, -0.2) is 41.1 Å². The SMILES string of the molecule is CC(C)CCC(=O)Oc1ccc(C(CC(C)OC(=O)CC(C)C)[C@H](N)C(=O)O)cc1OC(=O)CCC(C)C. The Bertz CT molecular complexity index is 941. The van der Waals surface area contributed by atoms with Crippen LogP contribution in [0.1, 0.15) is 98.5 Å². The summed E-state index contributed by atoms with van der Waals surface area (Å²) in [7, 11) is 0. The van der Waals surface area contributed by atoms with Crippen LogP contribution in [0.5, 0.6) is 11.5 Å². The Balaban J connectivity index is 3.29. The van der Waals surface area contributed by atoms with Crippen LogP contribution in [0.4, 0.5) is 0 Å². The van der Waals surface area contributed by atoms with Gasteiger partial charge in [0.2, 0.25) is 0 Å². The zero-order valence-corrected chi connectivity index (χ0v) is 23.8. The van der Waals surface area contributed by atoms with Gasteiger partial charge < -0.3 is 25.1 Å². The number of hydrogen-bond donors (Lipinski definition) is 2. The molecular weight excluding hydrogens is 490 g/mol. The molecule has 1 aromatic rings. The maximum atomic E-state index is 12.5. The summed E-state index contributed by atoms with van der Waals surface area (Å²) in [6, 6.07) is 3.23. The summed E-state index contributed by atoms with van der Waals surface area (Å²) in [5.41, 5.74) is 6.50. The van der Waals surface area contributed by atoms with Crippen molar-refractivity contribution < 1.29 is 38.5 Å². The highest BCUT2D eigenvalue weighted by Crippen LogP contribution is 2.35. The van der Waals surface area contributed by atoms with Gasteiger partial charge in [0.25, 0.3) is 0 Å². The van der Waals surface area contributed by atoms with Gasteiger partial charge in [0.05, 0.1) is 6.10 Å². The maximum Gasteiger partial charge on any atom is 0.321 e. The van der Waals surface area contributed by atoms with Crippen molar-refractivity contribution in [1.29, 1.82) is 0 Å². The van der Waals surface area contributed by atoms with E-state index in [1.165, 1.54) is 12.1 Å². The summed E-state index contributed by atoms with van der Waals surface area (Å²) >= 11 is 0. The second kappa shape index (κ2) is 16.1. The number of rotatable bonds is 16. The van der Waals surface area contributed by atoms with Gasteiger partial charge in [-0.15, -0.1) is 0 Å². The van der Waals surface area contributed by atoms with Crippen molar-refractivity contribution in [3.05, 3.63) is 23.8 Å². The molecule has 0 saturated carbocycles. The Kier molecular flexibility index (Phi) is 14.0. The van der Waals surface area contributed by atoms with Gasteiger partial charge >= 0.3 is 23.9 Å². The number of carboxylic acid groups (broad SMARTS) is 1. The Hall–Kier alpha value is -2.94. The molecule has 3 N–H and O–H groups in total. The molecule has 0 spiro atoms. The maximum absolute atomic E-state index is 12.5. The molecule has 0 bridgehead atoms. The first-order valence-corrected chi connectivity index (χ1v) is 13.4. The summed E-state index contributed by atoms with van der Waals surface area (Å²) < 4.78 is 16.6. The number of nitrogens with two attached hydrogens (primary N) is 1. The van der Waals surface area contributed by atoms with Crippen molar-refractivity contribution in [1.82, 2.24) is 0 Å². The van der Waals surface area contributed by atoms with E-state index in [2.05, 4.69) is 0 Å². The van der Waals surface area contributed by atoms with E-state index in [9.17, 15) is 24.3 Å². The molecule has 0 amide bonds. The third-order valence-electron chi connectivity index (χ3n) is 5.91. The Morgan fingerprint density at radius 3 is 1.79 bits per heavy atom. The molecule has 0 saturated heterocycles. The Labute approximate surface area is 226 Å². The zero-order chi connectivity index (χ0) is 29.0. The van der Waals surface area contributed by atoms with Crippen molar-refractivity contribution in [3.63, 3.8) is 0 Å². The van der Waals surface area contributed by atoms with Crippen molar-refractivity contribution >= 4 is 23.9 Å². The van der Waals surface area contributed by atoms with E-state index in [4.69, 9.17) is 19.9 Å². The fraction of sp³-hybridized carbons (Fsp3) is 0.655. The molecular formula is C29H45NO8. The third-order valence-corrected chi connectivity index (χ3v) is 5.91. The summed E-state index contributed by atoms with van der Waals surface area (Å²) in [5, 5.41) is 9.65. The Morgan fingerprint density at radius 1 is 0.789 bits per heavy atom. The molecule has 0 aromatic heterocycles. The molecule has 0 aliphatic carbocycles. The van der Waals surface area contributed by atoms with Crippen molar-refractivity contribution in [2.75, 3.05) is 0 Å². The van der Waals surface area contributed by atoms with Gasteiger partial charge in [-0.25, -0.2) is 0 Å². The molecule has 0 radical (unpaired) electrons. The summed E-state index contributed by atoms with van der Waals surface area (Å²) in [5.74, 6) is -2.52. The number of aliphatic carboxylic acids is 1. The monoisotopic (exact) mass is 535 g/mol. The minimum absolute atomic E-state index is 0.0150. The molecule has 0 heterocycles. The number of carboxylic acids is 1. The van der Waals surface area contributed by atoms with E-state index in [0.717, 1.165) is 0 Å². The molecule has 9 nitrogen and oxygen atoms in total. The van der Waals surface area contributed by atoms with Crippen molar-refractivity contribution in [3.8, 4) is 11.5 Å². The highest BCUT2D eigenvalue weighted by Gasteiger charge is 2.30. The normalized spacial score (nSPS) is 13.8. The quantitative estimate of drug-likeness (QED) is 0.215. The molecule has 0 fully saturated rings. The molecule has 214 valence electrons. The summed E-state index contributed by atoms with van der Waals surface area (Å²) in [6.45, 7) is 13.4. The first-order valence-electron chi connectivity index (χ1n) is 13.4. The molecule has 2 unspecified atom stereocenters. The van der Waals surface area contributed by atoms with Gasteiger partial charge in [0, 0.05) is 25.2 Å². The minimum atomic E-state index is -1.31. The first kappa shape index (κ1) is 33.1. The number of ether oxygens (including phenoxy) is 3. The van der Waals surface area contributed by atoms with Crippen LogP contribution in [-0.2, 0) is 23.9 Å². The van der Waals surface area contributed by atoms with E-state index < -0.39 is 36.0 Å². The third kappa shape index (κ3) is 12.5. The van der Waals surface area contributed by atoms with Gasteiger partial charge in [-0.1, -0.05) is 47.6 Å². The lowest BCUT2D eigenvalue weighted by atomic mass is 9.87. The number of hydrogen-bond acceptors (Lipinski definition) is 8. The largest absolute Gasteiger partial charge is 0.480 e. The lowest BCUT2D eigenvalue weighted by molar-refractivity contribution is -0.149.